The zero-order valence-electron chi connectivity index (χ0n) is 12.8. The summed E-state index contributed by atoms with van der Waals surface area (Å²) in [5.41, 5.74) is 4.21. The highest BCUT2D eigenvalue weighted by molar-refractivity contribution is 8.01. The van der Waals surface area contributed by atoms with Gasteiger partial charge in [0.1, 0.15) is 10.8 Å². The molecule has 1 amide bonds. The molecule has 1 atom stereocenters. The fraction of sp³-hybridized carbons (Fsp3) is 0.118. The van der Waals surface area contributed by atoms with Gasteiger partial charge in [0, 0.05) is 10.7 Å². The summed E-state index contributed by atoms with van der Waals surface area (Å²) < 4.78 is 0.751. The smallest absolute Gasteiger partial charge is 0.242 e. The Bertz CT molecular complexity index is 825. The van der Waals surface area contributed by atoms with E-state index in [0.717, 1.165) is 15.5 Å². The highest BCUT2D eigenvalue weighted by Crippen LogP contribution is 2.36. The molecule has 0 fully saturated rings. The fourth-order valence-electron chi connectivity index (χ4n) is 2.09. The first-order valence-electron chi connectivity index (χ1n) is 7.18. The summed E-state index contributed by atoms with van der Waals surface area (Å²) in [6.45, 7) is 1.92. The Labute approximate surface area is 153 Å². The number of carbonyl (C=O) groups excluding carboxylic acids is 1. The summed E-state index contributed by atoms with van der Waals surface area (Å²) in [4.78, 5) is 12.8. The summed E-state index contributed by atoms with van der Waals surface area (Å²) in [7, 11) is 0. The molecular weight excluding hydrogens is 362 g/mol. The average molecular weight is 376 g/mol. The van der Waals surface area contributed by atoms with Crippen molar-refractivity contribution in [1.82, 2.24) is 10.2 Å². The van der Waals surface area contributed by atoms with E-state index >= 15 is 0 Å². The predicted molar refractivity (Wildman–Crippen MR) is 99.8 cm³/mol. The number of aromatic nitrogens is 2. The normalized spacial score (nSPS) is 11.9. The number of carbonyl (C=O) groups is 1. The van der Waals surface area contributed by atoms with Crippen molar-refractivity contribution in [2.45, 2.75) is 16.5 Å². The Morgan fingerprint density at radius 1 is 1.25 bits per heavy atom. The molecule has 0 spiro atoms. The van der Waals surface area contributed by atoms with Gasteiger partial charge in [-0.15, -0.1) is 10.2 Å². The number of thioether (sulfide) groups is 1. The summed E-state index contributed by atoms with van der Waals surface area (Å²) in [5, 5.41) is 11.0. The summed E-state index contributed by atoms with van der Waals surface area (Å²) >= 11 is 8.93. The van der Waals surface area contributed by atoms with Gasteiger partial charge in [0.15, 0.2) is 4.34 Å². The molecule has 7 heteroatoms. The van der Waals surface area contributed by atoms with Gasteiger partial charge in [-0.3, -0.25) is 4.79 Å². The first kappa shape index (κ1) is 17.0. The summed E-state index contributed by atoms with van der Waals surface area (Å²) in [5.74, 6) is -0.124. The van der Waals surface area contributed by atoms with Crippen LogP contribution in [0.2, 0.25) is 5.02 Å². The maximum Gasteiger partial charge on any atom is 0.242 e. The van der Waals surface area contributed by atoms with E-state index in [-0.39, 0.29) is 5.91 Å². The molecule has 0 bridgehead atoms. The maximum absolute atomic E-state index is 12.8. The van der Waals surface area contributed by atoms with Crippen molar-refractivity contribution in [3.63, 3.8) is 0 Å². The van der Waals surface area contributed by atoms with Gasteiger partial charge in [0.2, 0.25) is 5.91 Å². The zero-order valence-corrected chi connectivity index (χ0v) is 15.2. The lowest BCUT2D eigenvalue weighted by Crippen LogP contribution is -2.19. The highest BCUT2D eigenvalue weighted by atomic mass is 35.5. The molecular formula is C17H14ClN3OS2. The molecule has 0 aliphatic heterocycles. The van der Waals surface area contributed by atoms with E-state index in [1.807, 2.05) is 49.4 Å². The quantitative estimate of drug-likeness (QED) is 0.639. The molecule has 3 rings (SSSR count). The lowest BCUT2D eigenvalue weighted by molar-refractivity contribution is -0.115. The van der Waals surface area contributed by atoms with Crippen LogP contribution in [0.3, 0.4) is 0 Å². The number of nitrogens with one attached hydrogen (secondary N) is 1. The van der Waals surface area contributed by atoms with Crippen molar-refractivity contribution in [1.29, 1.82) is 0 Å². The second-order valence-corrected chi connectivity index (χ2v) is 7.66. The molecule has 1 heterocycles. The van der Waals surface area contributed by atoms with Crippen molar-refractivity contribution < 1.29 is 4.79 Å². The van der Waals surface area contributed by atoms with Crippen molar-refractivity contribution in [3.05, 3.63) is 70.2 Å². The second kappa shape index (κ2) is 7.79. The minimum atomic E-state index is -0.417. The van der Waals surface area contributed by atoms with Crippen LogP contribution in [0.1, 0.15) is 16.4 Å². The van der Waals surface area contributed by atoms with Gasteiger partial charge in [0.05, 0.1) is 0 Å². The number of halogens is 1. The van der Waals surface area contributed by atoms with Crippen LogP contribution in [0.25, 0.3) is 0 Å². The third-order valence-corrected chi connectivity index (χ3v) is 5.81. The second-order valence-electron chi connectivity index (χ2n) is 5.07. The summed E-state index contributed by atoms with van der Waals surface area (Å²) in [6.07, 6.45) is 0. The third-order valence-electron chi connectivity index (χ3n) is 3.34. The van der Waals surface area contributed by atoms with E-state index in [4.69, 9.17) is 11.6 Å². The summed E-state index contributed by atoms with van der Waals surface area (Å²) in [6, 6.07) is 15.1. The first-order chi connectivity index (χ1) is 11.6. The number of hydrogen-bond acceptors (Lipinski definition) is 5. The molecule has 0 radical (unpaired) electrons. The molecule has 0 saturated carbocycles. The van der Waals surface area contributed by atoms with E-state index < -0.39 is 5.25 Å². The maximum atomic E-state index is 12.8. The molecule has 0 aliphatic rings. The minimum Gasteiger partial charge on any atom is -0.325 e. The number of amides is 1. The molecule has 0 saturated heterocycles. The van der Waals surface area contributed by atoms with Crippen molar-refractivity contribution in [2.24, 2.45) is 0 Å². The fourth-order valence-corrected chi connectivity index (χ4v) is 3.95. The molecule has 1 aromatic heterocycles. The standard InChI is InChI=1S/C17H14ClN3OS2/c1-11-7-8-13(9-14(11)18)20-16(22)15(12-5-3-2-4-6-12)24-17-21-19-10-23-17/h2-10,15H,1H3,(H,20,22)/t15-/m0/s1. The lowest BCUT2D eigenvalue weighted by Gasteiger charge is -2.16. The zero-order chi connectivity index (χ0) is 16.9. The van der Waals surface area contributed by atoms with Gasteiger partial charge >= 0.3 is 0 Å². The Morgan fingerprint density at radius 3 is 2.71 bits per heavy atom. The van der Waals surface area contributed by atoms with Crippen LogP contribution >= 0.6 is 34.7 Å². The van der Waals surface area contributed by atoms with Gasteiger partial charge in [-0.25, -0.2) is 0 Å². The van der Waals surface area contributed by atoms with Gasteiger partial charge in [0.25, 0.3) is 0 Å². The Morgan fingerprint density at radius 2 is 2.04 bits per heavy atom. The van der Waals surface area contributed by atoms with E-state index in [2.05, 4.69) is 15.5 Å². The Kier molecular flexibility index (Phi) is 5.50. The van der Waals surface area contributed by atoms with Crippen LogP contribution in [0.5, 0.6) is 0 Å². The Hall–Kier alpha value is -1.89. The molecule has 2 aromatic carbocycles. The van der Waals surface area contributed by atoms with E-state index in [1.165, 1.54) is 23.1 Å². The topological polar surface area (TPSA) is 54.9 Å². The molecule has 1 N–H and O–H groups in total. The number of benzene rings is 2. The monoisotopic (exact) mass is 375 g/mol. The van der Waals surface area contributed by atoms with Crippen LogP contribution < -0.4 is 5.32 Å². The number of anilines is 1. The van der Waals surface area contributed by atoms with Crippen molar-refractivity contribution >= 4 is 46.3 Å². The SMILES string of the molecule is Cc1ccc(NC(=O)[C@@H](Sc2nncs2)c2ccccc2)cc1Cl. The Balaban J connectivity index is 1.84. The third kappa shape index (κ3) is 4.14. The van der Waals surface area contributed by atoms with E-state index in [9.17, 15) is 4.79 Å². The van der Waals surface area contributed by atoms with Crippen LogP contribution in [0.15, 0.2) is 58.4 Å². The molecule has 4 nitrogen and oxygen atoms in total. The minimum absolute atomic E-state index is 0.124. The van der Waals surface area contributed by atoms with Crippen molar-refractivity contribution in [3.8, 4) is 0 Å². The number of rotatable bonds is 5. The van der Waals surface area contributed by atoms with Crippen LogP contribution in [0.4, 0.5) is 5.69 Å². The largest absolute Gasteiger partial charge is 0.325 e. The van der Waals surface area contributed by atoms with E-state index in [0.29, 0.717) is 10.7 Å². The van der Waals surface area contributed by atoms with Gasteiger partial charge in [-0.2, -0.15) is 0 Å². The van der Waals surface area contributed by atoms with Gasteiger partial charge in [-0.05, 0) is 30.2 Å². The molecule has 122 valence electrons. The average Bonchev–Trinajstić information content (AvgIpc) is 3.10. The van der Waals surface area contributed by atoms with E-state index in [1.54, 1.807) is 11.6 Å². The van der Waals surface area contributed by atoms with Crippen molar-refractivity contribution in [2.75, 3.05) is 5.32 Å². The molecule has 3 aromatic rings. The first-order valence-corrected chi connectivity index (χ1v) is 9.32. The molecule has 0 unspecified atom stereocenters. The van der Waals surface area contributed by atoms with Crippen LogP contribution in [-0.2, 0) is 4.79 Å². The predicted octanol–water partition coefficient (Wildman–Crippen LogP) is 4.97. The van der Waals surface area contributed by atoms with Crippen LogP contribution in [-0.4, -0.2) is 16.1 Å². The van der Waals surface area contributed by atoms with Gasteiger partial charge < -0.3 is 5.32 Å². The number of hydrogen-bond donors (Lipinski definition) is 1. The van der Waals surface area contributed by atoms with Gasteiger partial charge in [-0.1, -0.05) is 71.1 Å². The molecule has 0 aliphatic carbocycles. The molecule has 24 heavy (non-hydrogen) atoms. The lowest BCUT2D eigenvalue weighted by atomic mass is 10.1. The van der Waals surface area contributed by atoms with Crippen LogP contribution in [0, 0.1) is 6.92 Å². The number of nitrogens with zero attached hydrogens (tertiary/aromatic N) is 2. The highest BCUT2D eigenvalue weighted by Gasteiger charge is 2.23. The number of aryl methyl sites for hydroxylation is 1.